The van der Waals surface area contributed by atoms with Gasteiger partial charge in [-0.3, -0.25) is 0 Å². The van der Waals surface area contributed by atoms with Crippen LogP contribution in [0.2, 0.25) is 5.02 Å². The van der Waals surface area contributed by atoms with Gasteiger partial charge in [-0.25, -0.2) is 0 Å². The van der Waals surface area contributed by atoms with Crippen molar-refractivity contribution in [3.05, 3.63) is 34.9 Å². The zero-order chi connectivity index (χ0) is 11.0. The highest BCUT2D eigenvalue weighted by Gasteiger charge is 2.38. The molecule has 0 radical (unpaired) electrons. The fourth-order valence-electron chi connectivity index (χ4n) is 2.74. The van der Waals surface area contributed by atoms with Gasteiger partial charge in [0.05, 0.1) is 0 Å². The number of hydrogen-bond acceptors (Lipinski definition) is 2. The minimum atomic E-state index is 0.714. The maximum Gasteiger partial charge on any atom is 0.0406 e. The monoisotopic (exact) mass is 270 g/mol. The molecule has 0 aromatic heterocycles. The summed E-state index contributed by atoms with van der Waals surface area (Å²) in [4.78, 5) is 0. The van der Waals surface area contributed by atoms with E-state index in [0.717, 1.165) is 16.2 Å². The number of halogens is 1. The molecule has 2 aliphatic rings. The van der Waals surface area contributed by atoms with Gasteiger partial charge in [0.25, 0.3) is 0 Å². The van der Waals surface area contributed by atoms with Crippen molar-refractivity contribution in [1.82, 2.24) is 0 Å². The summed E-state index contributed by atoms with van der Waals surface area (Å²) >= 11 is 10.3. The van der Waals surface area contributed by atoms with Crippen molar-refractivity contribution in [3.63, 3.8) is 0 Å². The number of rotatable bonds is 1. The Morgan fingerprint density at radius 1 is 1.00 bits per heavy atom. The average molecular weight is 271 g/mol. The molecular formula is C13H15ClS2. The van der Waals surface area contributed by atoms with E-state index in [-0.39, 0.29) is 0 Å². The molecule has 2 aliphatic heterocycles. The molecule has 1 aromatic rings. The lowest BCUT2D eigenvalue weighted by Crippen LogP contribution is -2.24. The van der Waals surface area contributed by atoms with Crippen molar-refractivity contribution < 1.29 is 0 Å². The Balaban J connectivity index is 1.85. The second-order valence-corrected chi connectivity index (χ2v) is 7.53. The van der Waals surface area contributed by atoms with E-state index in [9.17, 15) is 0 Å². The third-order valence-electron chi connectivity index (χ3n) is 3.55. The van der Waals surface area contributed by atoms with Crippen molar-refractivity contribution in [2.75, 3.05) is 11.5 Å². The van der Waals surface area contributed by atoms with E-state index in [1.165, 1.54) is 29.9 Å². The van der Waals surface area contributed by atoms with E-state index in [0.29, 0.717) is 5.25 Å². The minimum absolute atomic E-state index is 0.714. The summed E-state index contributed by atoms with van der Waals surface area (Å²) in [7, 11) is 0. The van der Waals surface area contributed by atoms with Crippen LogP contribution in [-0.4, -0.2) is 16.8 Å². The maximum atomic E-state index is 5.95. The first-order valence-corrected chi connectivity index (χ1v) is 8.31. The molecule has 0 unspecified atom stereocenters. The normalized spacial score (nSPS) is 33.7. The summed E-state index contributed by atoms with van der Waals surface area (Å²) in [6, 6.07) is 8.49. The molecule has 2 saturated heterocycles. The smallest absolute Gasteiger partial charge is 0.0406 e. The molecule has 0 bridgehead atoms. The van der Waals surface area contributed by atoms with Crippen molar-refractivity contribution in [3.8, 4) is 0 Å². The van der Waals surface area contributed by atoms with Crippen LogP contribution in [0.4, 0.5) is 0 Å². The summed E-state index contributed by atoms with van der Waals surface area (Å²) in [5, 5.41) is 2.48. The zero-order valence-electron chi connectivity index (χ0n) is 9.06. The van der Waals surface area contributed by atoms with Gasteiger partial charge in [-0.05, 0) is 48.0 Å². The lowest BCUT2D eigenvalue weighted by atomic mass is 9.91. The maximum absolute atomic E-state index is 5.95. The zero-order valence-corrected chi connectivity index (χ0v) is 11.5. The lowest BCUT2D eigenvalue weighted by molar-refractivity contribution is 0.480. The van der Waals surface area contributed by atoms with Crippen LogP contribution >= 0.6 is 35.1 Å². The van der Waals surface area contributed by atoms with Gasteiger partial charge in [-0.2, -0.15) is 23.5 Å². The first-order chi connectivity index (χ1) is 7.84. The molecule has 86 valence electrons. The molecule has 0 saturated carbocycles. The Labute approximate surface area is 111 Å². The Morgan fingerprint density at radius 3 is 2.56 bits per heavy atom. The molecule has 16 heavy (non-hydrogen) atoms. The second kappa shape index (κ2) is 4.83. The third kappa shape index (κ3) is 2.12. The Hall–Kier alpha value is 0.210. The number of hydrogen-bond donors (Lipinski definition) is 0. The van der Waals surface area contributed by atoms with Crippen LogP contribution in [0.5, 0.6) is 0 Å². The predicted octanol–water partition coefficient (Wildman–Crippen LogP) is 4.64. The SMILES string of the molecule is Clc1ccc([C@@H]2SCC[C@@H]3SCC[C@@H]32)cc1. The van der Waals surface area contributed by atoms with Crippen molar-refractivity contribution in [2.45, 2.75) is 23.3 Å². The minimum Gasteiger partial charge on any atom is -0.158 e. The topological polar surface area (TPSA) is 0 Å². The predicted molar refractivity (Wildman–Crippen MR) is 75.6 cm³/mol. The standard InChI is InChI=1S/C13H15ClS2/c14-10-3-1-9(2-4-10)13-11-5-7-15-12(11)6-8-16-13/h1-4,11-13H,5-8H2/t11-,12-,13-/m0/s1. The van der Waals surface area contributed by atoms with Crippen molar-refractivity contribution in [2.24, 2.45) is 5.92 Å². The van der Waals surface area contributed by atoms with E-state index in [1.54, 1.807) is 0 Å². The van der Waals surface area contributed by atoms with Gasteiger partial charge in [0.1, 0.15) is 0 Å². The van der Waals surface area contributed by atoms with Gasteiger partial charge >= 0.3 is 0 Å². The van der Waals surface area contributed by atoms with Crippen molar-refractivity contribution in [1.29, 1.82) is 0 Å². The van der Waals surface area contributed by atoms with Crippen LogP contribution in [0.25, 0.3) is 0 Å². The molecule has 3 atom stereocenters. The number of benzene rings is 1. The molecule has 1 aromatic carbocycles. The van der Waals surface area contributed by atoms with E-state index in [4.69, 9.17) is 11.6 Å². The molecule has 0 amide bonds. The molecule has 0 N–H and O–H groups in total. The van der Waals surface area contributed by atoms with Crippen LogP contribution in [-0.2, 0) is 0 Å². The molecule has 0 aliphatic carbocycles. The molecular weight excluding hydrogens is 256 g/mol. The van der Waals surface area contributed by atoms with Crippen molar-refractivity contribution >= 4 is 35.1 Å². The van der Waals surface area contributed by atoms with Gasteiger partial charge in [0.2, 0.25) is 0 Å². The van der Waals surface area contributed by atoms with Gasteiger partial charge in [-0.15, -0.1) is 0 Å². The highest BCUT2D eigenvalue weighted by Crippen LogP contribution is 2.52. The van der Waals surface area contributed by atoms with Crippen LogP contribution < -0.4 is 0 Å². The highest BCUT2D eigenvalue weighted by molar-refractivity contribution is 8.01. The molecule has 2 heterocycles. The quantitative estimate of drug-likeness (QED) is 0.729. The highest BCUT2D eigenvalue weighted by atomic mass is 35.5. The Kier molecular flexibility index (Phi) is 3.42. The summed E-state index contributed by atoms with van der Waals surface area (Å²) in [5.74, 6) is 3.58. The number of fused-ring (bicyclic) bond motifs is 1. The van der Waals surface area contributed by atoms with E-state index < -0.39 is 0 Å². The van der Waals surface area contributed by atoms with Gasteiger partial charge in [0, 0.05) is 15.5 Å². The summed E-state index contributed by atoms with van der Waals surface area (Å²) in [6.45, 7) is 0. The van der Waals surface area contributed by atoms with E-state index >= 15 is 0 Å². The molecule has 2 fully saturated rings. The average Bonchev–Trinajstić information content (AvgIpc) is 2.78. The molecule has 3 heteroatoms. The third-order valence-corrected chi connectivity index (χ3v) is 6.74. The first-order valence-electron chi connectivity index (χ1n) is 5.83. The largest absolute Gasteiger partial charge is 0.158 e. The van der Waals surface area contributed by atoms with Gasteiger partial charge in [-0.1, -0.05) is 23.7 Å². The fourth-order valence-corrected chi connectivity index (χ4v) is 6.22. The fraction of sp³-hybridized carbons (Fsp3) is 0.538. The Morgan fingerprint density at radius 2 is 1.75 bits per heavy atom. The molecule has 0 spiro atoms. The van der Waals surface area contributed by atoms with Crippen LogP contribution in [0.15, 0.2) is 24.3 Å². The number of thioether (sulfide) groups is 2. The molecule has 3 rings (SSSR count). The van der Waals surface area contributed by atoms with Gasteiger partial charge < -0.3 is 0 Å². The summed E-state index contributed by atoms with van der Waals surface area (Å²) < 4.78 is 0. The van der Waals surface area contributed by atoms with Gasteiger partial charge in [0.15, 0.2) is 0 Å². The van der Waals surface area contributed by atoms with Crippen LogP contribution in [0.1, 0.15) is 23.7 Å². The molecule has 0 nitrogen and oxygen atoms in total. The van der Waals surface area contributed by atoms with Crippen LogP contribution in [0, 0.1) is 5.92 Å². The lowest BCUT2D eigenvalue weighted by Gasteiger charge is -2.33. The Bertz CT molecular complexity index is 363. The summed E-state index contributed by atoms with van der Waals surface area (Å²) in [6.07, 6.45) is 2.81. The summed E-state index contributed by atoms with van der Waals surface area (Å²) in [5.41, 5.74) is 1.48. The second-order valence-electron chi connectivity index (χ2n) is 4.49. The van der Waals surface area contributed by atoms with E-state index in [2.05, 4.69) is 35.7 Å². The first kappa shape index (κ1) is 11.3. The van der Waals surface area contributed by atoms with E-state index in [1.807, 2.05) is 12.1 Å². The van der Waals surface area contributed by atoms with Crippen LogP contribution in [0.3, 0.4) is 0 Å².